The second-order valence-electron chi connectivity index (χ2n) is 5.57. The standard InChI is InChI=1S/C16H26N2O3/c1-18-7-8-21-16(11-18)10-17-9-15(19)13-20-12-14-5-3-2-4-6-14/h2-6,15-17,19H,7-13H2,1H3/t15-,16+/m1/s1. The van der Waals surface area contributed by atoms with Gasteiger partial charge in [-0.3, -0.25) is 0 Å². The van der Waals surface area contributed by atoms with Gasteiger partial charge in [-0.05, 0) is 12.6 Å². The number of rotatable bonds is 8. The van der Waals surface area contributed by atoms with Crippen molar-refractivity contribution in [3.63, 3.8) is 0 Å². The highest BCUT2D eigenvalue weighted by atomic mass is 16.5. The van der Waals surface area contributed by atoms with Crippen molar-refractivity contribution >= 4 is 0 Å². The number of aliphatic hydroxyl groups is 1. The predicted octanol–water partition coefficient (Wildman–Crippen LogP) is 0.484. The van der Waals surface area contributed by atoms with E-state index < -0.39 is 6.10 Å². The molecule has 118 valence electrons. The number of likely N-dealkylation sites (N-methyl/N-ethyl adjacent to an activating group) is 1. The van der Waals surface area contributed by atoms with Crippen LogP contribution in [0.15, 0.2) is 30.3 Å². The van der Waals surface area contributed by atoms with Gasteiger partial charge in [0.1, 0.15) is 0 Å². The van der Waals surface area contributed by atoms with E-state index in [1.807, 2.05) is 30.3 Å². The maximum atomic E-state index is 9.87. The van der Waals surface area contributed by atoms with E-state index in [4.69, 9.17) is 9.47 Å². The van der Waals surface area contributed by atoms with Crippen LogP contribution in [0.4, 0.5) is 0 Å². The van der Waals surface area contributed by atoms with Crippen molar-refractivity contribution in [3.05, 3.63) is 35.9 Å². The van der Waals surface area contributed by atoms with E-state index in [0.717, 1.165) is 31.8 Å². The van der Waals surface area contributed by atoms with Crippen LogP contribution in [0.3, 0.4) is 0 Å². The Labute approximate surface area is 126 Å². The van der Waals surface area contributed by atoms with Gasteiger partial charge in [0, 0.05) is 26.2 Å². The molecule has 0 aliphatic carbocycles. The van der Waals surface area contributed by atoms with E-state index >= 15 is 0 Å². The molecule has 1 aromatic rings. The zero-order valence-corrected chi connectivity index (χ0v) is 12.7. The minimum Gasteiger partial charge on any atom is -0.389 e. The van der Waals surface area contributed by atoms with Crippen molar-refractivity contribution in [2.24, 2.45) is 0 Å². The lowest BCUT2D eigenvalue weighted by molar-refractivity contribution is -0.0212. The summed E-state index contributed by atoms with van der Waals surface area (Å²) in [5, 5.41) is 13.1. The molecule has 0 bridgehead atoms. The minimum atomic E-state index is -0.491. The fourth-order valence-corrected chi connectivity index (χ4v) is 2.35. The average Bonchev–Trinajstić information content (AvgIpc) is 2.48. The second-order valence-corrected chi connectivity index (χ2v) is 5.57. The molecule has 0 spiro atoms. The highest BCUT2D eigenvalue weighted by Crippen LogP contribution is 2.02. The van der Waals surface area contributed by atoms with Gasteiger partial charge in [-0.15, -0.1) is 0 Å². The summed E-state index contributed by atoms with van der Waals surface area (Å²) in [6.45, 7) is 4.88. The van der Waals surface area contributed by atoms with Gasteiger partial charge in [-0.25, -0.2) is 0 Å². The highest BCUT2D eigenvalue weighted by Gasteiger charge is 2.17. The van der Waals surface area contributed by atoms with Gasteiger partial charge >= 0.3 is 0 Å². The van der Waals surface area contributed by atoms with Crippen molar-refractivity contribution in [1.82, 2.24) is 10.2 Å². The van der Waals surface area contributed by atoms with Crippen LogP contribution in [0, 0.1) is 0 Å². The molecule has 1 aliphatic rings. The molecule has 5 nitrogen and oxygen atoms in total. The average molecular weight is 294 g/mol. The lowest BCUT2D eigenvalue weighted by Gasteiger charge is -2.30. The van der Waals surface area contributed by atoms with Gasteiger partial charge in [0.05, 0.1) is 32.0 Å². The Bertz CT molecular complexity index is 388. The fourth-order valence-electron chi connectivity index (χ4n) is 2.35. The summed E-state index contributed by atoms with van der Waals surface area (Å²) in [5.74, 6) is 0. The number of hydrogen-bond acceptors (Lipinski definition) is 5. The molecule has 0 radical (unpaired) electrons. The number of hydrogen-bond donors (Lipinski definition) is 2. The molecule has 1 aromatic carbocycles. The second kappa shape index (κ2) is 9.12. The summed E-state index contributed by atoms with van der Waals surface area (Å²) < 4.78 is 11.2. The van der Waals surface area contributed by atoms with Crippen molar-refractivity contribution in [2.45, 2.75) is 18.8 Å². The molecule has 1 fully saturated rings. The largest absolute Gasteiger partial charge is 0.389 e. The molecule has 2 rings (SSSR count). The normalized spacial score (nSPS) is 21.3. The number of aliphatic hydroxyl groups excluding tert-OH is 1. The molecule has 1 heterocycles. The van der Waals surface area contributed by atoms with E-state index in [1.165, 1.54) is 0 Å². The molecule has 0 saturated carbocycles. The molecule has 5 heteroatoms. The molecule has 1 aliphatic heterocycles. The van der Waals surface area contributed by atoms with Crippen LogP contribution < -0.4 is 5.32 Å². The molecule has 2 N–H and O–H groups in total. The van der Waals surface area contributed by atoms with E-state index in [0.29, 0.717) is 19.8 Å². The van der Waals surface area contributed by atoms with Crippen molar-refractivity contribution < 1.29 is 14.6 Å². The van der Waals surface area contributed by atoms with Crippen LogP contribution in [-0.2, 0) is 16.1 Å². The minimum absolute atomic E-state index is 0.209. The van der Waals surface area contributed by atoms with E-state index in [-0.39, 0.29) is 6.10 Å². The third kappa shape index (κ3) is 6.54. The smallest absolute Gasteiger partial charge is 0.0897 e. The third-order valence-electron chi connectivity index (χ3n) is 3.52. The van der Waals surface area contributed by atoms with Crippen LogP contribution >= 0.6 is 0 Å². The third-order valence-corrected chi connectivity index (χ3v) is 3.52. The Morgan fingerprint density at radius 3 is 3.00 bits per heavy atom. The van der Waals surface area contributed by atoms with E-state index in [9.17, 15) is 5.11 Å². The van der Waals surface area contributed by atoms with Gasteiger partial charge in [-0.2, -0.15) is 0 Å². The van der Waals surface area contributed by atoms with E-state index in [1.54, 1.807) is 0 Å². The summed E-state index contributed by atoms with van der Waals surface area (Å²) in [5.41, 5.74) is 1.12. The van der Waals surface area contributed by atoms with Crippen molar-refractivity contribution in [3.8, 4) is 0 Å². The maximum absolute atomic E-state index is 9.87. The lowest BCUT2D eigenvalue weighted by atomic mass is 10.2. The molecular weight excluding hydrogens is 268 g/mol. The summed E-state index contributed by atoms with van der Waals surface area (Å²) in [6.07, 6.45) is -0.281. The fraction of sp³-hybridized carbons (Fsp3) is 0.625. The summed E-state index contributed by atoms with van der Waals surface area (Å²) in [4.78, 5) is 2.26. The number of nitrogens with zero attached hydrogens (tertiary/aromatic N) is 1. The lowest BCUT2D eigenvalue weighted by Crippen LogP contribution is -2.46. The number of ether oxygens (including phenoxy) is 2. The molecule has 1 saturated heterocycles. The molecule has 2 atom stereocenters. The first-order chi connectivity index (χ1) is 10.2. The van der Waals surface area contributed by atoms with Crippen LogP contribution in [0.2, 0.25) is 0 Å². The highest BCUT2D eigenvalue weighted by molar-refractivity contribution is 5.13. The van der Waals surface area contributed by atoms with E-state index in [2.05, 4.69) is 17.3 Å². The quantitative estimate of drug-likeness (QED) is 0.730. The Morgan fingerprint density at radius 2 is 2.24 bits per heavy atom. The van der Waals surface area contributed by atoms with Gasteiger partial charge in [0.15, 0.2) is 0 Å². The maximum Gasteiger partial charge on any atom is 0.0897 e. The first kappa shape index (κ1) is 16.4. The number of benzene rings is 1. The van der Waals surface area contributed by atoms with Crippen LogP contribution in [0.5, 0.6) is 0 Å². The van der Waals surface area contributed by atoms with Gasteiger partial charge < -0.3 is 24.8 Å². The zero-order valence-electron chi connectivity index (χ0n) is 12.7. The predicted molar refractivity (Wildman–Crippen MR) is 82.2 cm³/mol. The van der Waals surface area contributed by atoms with Crippen LogP contribution in [0.1, 0.15) is 5.56 Å². The first-order valence-corrected chi connectivity index (χ1v) is 7.54. The summed E-state index contributed by atoms with van der Waals surface area (Å²) in [7, 11) is 2.10. The van der Waals surface area contributed by atoms with Crippen LogP contribution in [0.25, 0.3) is 0 Å². The molecule has 0 aromatic heterocycles. The first-order valence-electron chi connectivity index (χ1n) is 7.54. The molecular formula is C16H26N2O3. The Hall–Kier alpha value is -0.980. The van der Waals surface area contributed by atoms with Crippen molar-refractivity contribution in [1.29, 1.82) is 0 Å². The van der Waals surface area contributed by atoms with Gasteiger partial charge in [0.2, 0.25) is 0 Å². The van der Waals surface area contributed by atoms with Crippen molar-refractivity contribution in [2.75, 3.05) is 46.4 Å². The Kier molecular flexibility index (Phi) is 7.12. The Balaban J connectivity index is 1.52. The number of morpholine rings is 1. The van der Waals surface area contributed by atoms with Gasteiger partial charge in [0.25, 0.3) is 0 Å². The Morgan fingerprint density at radius 1 is 1.43 bits per heavy atom. The zero-order chi connectivity index (χ0) is 14.9. The van der Waals surface area contributed by atoms with Gasteiger partial charge in [-0.1, -0.05) is 30.3 Å². The SMILES string of the molecule is CN1CCO[C@@H](CNC[C@@H](O)COCc2ccccc2)C1. The number of nitrogens with one attached hydrogen (secondary N) is 1. The topological polar surface area (TPSA) is 54.0 Å². The molecule has 21 heavy (non-hydrogen) atoms. The summed E-state index contributed by atoms with van der Waals surface area (Å²) in [6, 6.07) is 9.98. The van der Waals surface area contributed by atoms with Crippen LogP contribution in [-0.4, -0.2) is 68.7 Å². The molecule has 0 unspecified atom stereocenters. The summed E-state index contributed by atoms with van der Waals surface area (Å²) >= 11 is 0. The molecule has 0 amide bonds. The monoisotopic (exact) mass is 294 g/mol.